The van der Waals surface area contributed by atoms with Crippen LogP contribution in [0.15, 0.2) is 24.3 Å². The number of nitrogens with one attached hydrogen (secondary N) is 1. The summed E-state index contributed by atoms with van der Waals surface area (Å²) in [6, 6.07) is 7.75. The molecule has 4 rings (SSSR count). The Morgan fingerprint density at radius 3 is 2.59 bits per heavy atom. The Morgan fingerprint density at radius 1 is 1.15 bits per heavy atom. The fourth-order valence-corrected chi connectivity index (χ4v) is 4.50. The lowest BCUT2D eigenvalue weighted by molar-refractivity contribution is -0.149. The van der Waals surface area contributed by atoms with Crippen LogP contribution in [0.4, 0.5) is 0 Å². The molecule has 2 fully saturated rings. The van der Waals surface area contributed by atoms with Crippen LogP contribution in [0.3, 0.4) is 0 Å². The molecule has 1 amide bonds. The molecule has 6 heteroatoms. The van der Waals surface area contributed by atoms with Crippen LogP contribution in [0.1, 0.15) is 57.6 Å². The van der Waals surface area contributed by atoms with E-state index in [1.54, 1.807) is 0 Å². The van der Waals surface area contributed by atoms with E-state index in [0.717, 1.165) is 30.6 Å². The van der Waals surface area contributed by atoms with Crippen LogP contribution < -0.4 is 10.1 Å². The summed E-state index contributed by atoms with van der Waals surface area (Å²) >= 11 is 0. The van der Waals surface area contributed by atoms with Gasteiger partial charge in [0, 0.05) is 37.7 Å². The molecule has 27 heavy (non-hydrogen) atoms. The Hall–Kier alpha value is -2.08. The quantitative estimate of drug-likeness (QED) is 0.825. The van der Waals surface area contributed by atoms with Gasteiger partial charge in [-0.05, 0) is 19.9 Å². The van der Waals surface area contributed by atoms with Crippen LogP contribution in [0.2, 0.25) is 0 Å². The molecule has 2 saturated heterocycles. The third kappa shape index (κ3) is 3.81. The maximum absolute atomic E-state index is 12.7. The highest BCUT2D eigenvalue weighted by Crippen LogP contribution is 2.44. The van der Waals surface area contributed by atoms with Crippen molar-refractivity contribution in [2.75, 3.05) is 13.2 Å². The van der Waals surface area contributed by atoms with Crippen LogP contribution in [0.5, 0.6) is 5.75 Å². The highest BCUT2D eigenvalue weighted by atomic mass is 16.6. The van der Waals surface area contributed by atoms with Gasteiger partial charge in [0.2, 0.25) is 5.91 Å². The summed E-state index contributed by atoms with van der Waals surface area (Å²) in [6.07, 6.45) is 3.09. The zero-order chi connectivity index (χ0) is 19.1. The minimum absolute atomic E-state index is 0.112. The van der Waals surface area contributed by atoms with Gasteiger partial charge in [-0.2, -0.15) is 0 Å². The van der Waals surface area contributed by atoms with Crippen molar-refractivity contribution in [1.82, 2.24) is 5.32 Å². The van der Waals surface area contributed by atoms with E-state index >= 15 is 0 Å². The number of esters is 1. The molecule has 0 saturated carbocycles. The van der Waals surface area contributed by atoms with Gasteiger partial charge in [0.25, 0.3) is 0 Å². The number of carbonyl (C=O) groups is 2. The molecular formula is C21H27NO5. The molecule has 3 aliphatic heterocycles. The standard InChI is InChI=1S/C21H27NO5/c1-20(2)12-14(19(24)27-20)11-18(23)22-16-13-21(7-9-25-10-8-21)26-17-6-4-3-5-15(16)17/h3-6,14,16H,7-13H2,1-2H3,(H,22,23)/t14-,16-/m0/s1. The summed E-state index contributed by atoms with van der Waals surface area (Å²) in [4.78, 5) is 24.7. The van der Waals surface area contributed by atoms with Crippen LogP contribution in [-0.2, 0) is 19.1 Å². The van der Waals surface area contributed by atoms with Crippen molar-refractivity contribution in [3.05, 3.63) is 29.8 Å². The normalized spacial score (nSPS) is 28.1. The second-order valence-electron chi connectivity index (χ2n) is 8.55. The summed E-state index contributed by atoms with van der Waals surface area (Å²) in [5.74, 6) is 0.0754. The number of ether oxygens (including phenoxy) is 3. The lowest BCUT2D eigenvalue weighted by Gasteiger charge is -2.44. The van der Waals surface area contributed by atoms with Crippen molar-refractivity contribution < 1.29 is 23.8 Å². The van der Waals surface area contributed by atoms with Crippen molar-refractivity contribution >= 4 is 11.9 Å². The van der Waals surface area contributed by atoms with Crippen molar-refractivity contribution in [3.63, 3.8) is 0 Å². The highest BCUT2D eigenvalue weighted by molar-refractivity contribution is 5.84. The zero-order valence-corrected chi connectivity index (χ0v) is 16.0. The number of para-hydroxylation sites is 1. The molecular weight excluding hydrogens is 346 g/mol. The topological polar surface area (TPSA) is 73.9 Å². The van der Waals surface area contributed by atoms with E-state index < -0.39 is 5.60 Å². The van der Waals surface area contributed by atoms with E-state index in [1.807, 2.05) is 38.1 Å². The monoisotopic (exact) mass is 373 g/mol. The maximum Gasteiger partial charge on any atom is 0.310 e. The molecule has 1 spiro atoms. The first kappa shape index (κ1) is 18.3. The number of hydrogen-bond acceptors (Lipinski definition) is 5. The van der Waals surface area contributed by atoms with Gasteiger partial charge >= 0.3 is 5.97 Å². The number of rotatable bonds is 3. The summed E-state index contributed by atoms with van der Waals surface area (Å²) in [6.45, 7) is 5.11. The van der Waals surface area contributed by atoms with Crippen LogP contribution >= 0.6 is 0 Å². The van der Waals surface area contributed by atoms with E-state index in [0.29, 0.717) is 19.6 Å². The molecule has 0 aromatic heterocycles. The molecule has 0 unspecified atom stereocenters. The number of hydrogen-bond donors (Lipinski definition) is 1. The first-order chi connectivity index (χ1) is 12.9. The Labute approximate surface area is 159 Å². The Kier molecular flexibility index (Phi) is 4.62. The lowest BCUT2D eigenvalue weighted by Crippen LogP contribution is -2.48. The third-order valence-electron chi connectivity index (χ3n) is 5.82. The Morgan fingerprint density at radius 2 is 1.89 bits per heavy atom. The SMILES string of the molecule is CC1(C)C[C@H](CC(=O)N[C@H]2CC3(CCOCC3)Oc3ccccc32)C(=O)O1. The average molecular weight is 373 g/mol. The van der Waals surface area contributed by atoms with Crippen molar-refractivity contribution in [1.29, 1.82) is 0 Å². The molecule has 1 aromatic rings. The summed E-state index contributed by atoms with van der Waals surface area (Å²) in [7, 11) is 0. The van der Waals surface area contributed by atoms with Crippen LogP contribution in [-0.4, -0.2) is 36.3 Å². The predicted octanol–water partition coefficient (Wildman–Crippen LogP) is 2.91. The molecule has 2 atom stereocenters. The average Bonchev–Trinajstić information content (AvgIpc) is 2.87. The van der Waals surface area contributed by atoms with E-state index in [2.05, 4.69) is 5.32 Å². The van der Waals surface area contributed by atoms with Gasteiger partial charge in [0.1, 0.15) is 17.0 Å². The molecule has 6 nitrogen and oxygen atoms in total. The minimum atomic E-state index is -0.487. The molecule has 146 valence electrons. The molecule has 3 heterocycles. The van der Waals surface area contributed by atoms with Gasteiger partial charge in [-0.3, -0.25) is 9.59 Å². The minimum Gasteiger partial charge on any atom is -0.487 e. The van der Waals surface area contributed by atoms with Crippen molar-refractivity contribution in [2.24, 2.45) is 5.92 Å². The summed E-state index contributed by atoms with van der Waals surface area (Å²) in [5.41, 5.74) is 0.218. The molecule has 0 radical (unpaired) electrons. The number of benzene rings is 1. The fourth-order valence-electron chi connectivity index (χ4n) is 4.50. The lowest BCUT2D eigenvalue weighted by atomic mass is 9.82. The van der Waals surface area contributed by atoms with Crippen molar-refractivity contribution in [2.45, 2.75) is 63.2 Å². The fraction of sp³-hybridized carbons (Fsp3) is 0.619. The van der Waals surface area contributed by atoms with Gasteiger partial charge < -0.3 is 19.5 Å². The molecule has 0 bridgehead atoms. The van der Waals surface area contributed by atoms with E-state index in [-0.39, 0.29) is 35.9 Å². The van der Waals surface area contributed by atoms with Crippen LogP contribution in [0, 0.1) is 5.92 Å². The maximum atomic E-state index is 12.7. The highest BCUT2D eigenvalue weighted by Gasteiger charge is 2.44. The Balaban J connectivity index is 1.48. The molecule has 1 aromatic carbocycles. The van der Waals surface area contributed by atoms with Crippen LogP contribution in [0.25, 0.3) is 0 Å². The van der Waals surface area contributed by atoms with Gasteiger partial charge in [-0.15, -0.1) is 0 Å². The van der Waals surface area contributed by atoms with E-state index in [4.69, 9.17) is 14.2 Å². The third-order valence-corrected chi connectivity index (χ3v) is 5.82. The summed E-state index contributed by atoms with van der Waals surface area (Å²) < 4.78 is 17.2. The molecule has 3 aliphatic rings. The van der Waals surface area contributed by atoms with Gasteiger partial charge in [0.15, 0.2) is 0 Å². The molecule has 0 aliphatic carbocycles. The van der Waals surface area contributed by atoms with Gasteiger partial charge in [0.05, 0.1) is 25.2 Å². The molecule has 1 N–H and O–H groups in total. The number of amides is 1. The largest absolute Gasteiger partial charge is 0.487 e. The zero-order valence-electron chi connectivity index (χ0n) is 16.0. The van der Waals surface area contributed by atoms with Crippen molar-refractivity contribution in [3.8, 4) is 5.75 Å². The van der Waals surface area contributed by atoms with Gasteiger partial charge in [-0.1, -0.05) is 18.2 Å². The predicted molar refractivity (Wildman–Crippen MR) is 98.2 cm³/mol. The number of carbonyl (C=O) groups excluding carboxylic acids is 2. The Bertz CT molecular complexity index is 738. The second-order valence-corrected chi connectivity index (χ2v) is 8.55. The first-order valence-corrected chi connectivity index (χ1v) is 9.74. The smallest absolute Gasteiger partial charge is 0.310 e. The van der Waals surface area contributed by atoms with E-state index in [9.17, 15) is 9.59 Å². The van der Waals surface area contributed by atoms with Gasteiger partial charge in [-0.25, -0.2) is 0 Å². The summed E-state index contributed by atoms with van der Waals surface area (Å²) in [5, 5.41) is 3.15. The van der Waals surface area contributed by atoms with E-state index in [1.165, 1.54) is 0 Å². The second kappa shape index (κ2) is 6.82. The first-order valence-electron chi connectivity index (χ1n) is 9.74. The number of fused-ring (bicyclic) bond motifs is 1. The number of cyclic esters (lactones) is 1.